The number of phenols is 1. The number of thiocarbonyl (C=S) groups is 1. The van der Waals surface area contributed by atoms with Gasteiger partial charge in [-0.15, -0.1) is 0 Å². The van der Waals surface area contributed by atoms with Gasteiger partial charge >= 0.3 is 0 Å². The Hall–Kier alpha value is -1.49. The second-order valence-corrected chi connectivity index (χ2v) is 5.57. The van der Waals surface area contributed by atoms with Crippen LogP contribution in [0, 0.1) is 0 Å². The second-order valence-electron chi connectivity index (χ2n) is 5.19. The van der Waals surface area contributed by atoms with E-state index in [1.54, 1.807) is 6.07 Å². The number of nitrogens with one attached hydrogen (secondary N) is 1. The zero-order chi connectivity index (χ0) is 13.2. The predicted octanol–water partition coefficient (Wildman–Crippen LogP) is 1.55. The summed E-state index contributed by atoms with van der Waals surface area (Å²) >= 11 is 5.42. The van der Waals surface area contributed by atoms with Gasteiger partial charge in [0.2, 0.25) is 0 Å². The summed E-state index contributed by atoms with van der Waals surface area (Å²) in [5.41, 5.74) is 0.920. The van der Waals surface area contributed by atoms with E-state index < -0.39 is 0 Å². The Bertz CT molecular complexity index is 468. The Morgan fingerprint density at radius 3 is 2.47 bits per heavy atom. The SMILES string of the molecule is Oc1ccccc1N1CCN(C(=S)NC2CC2)CC1. The smallest absolute Gasteiger partial charge is 0.169 e. The van der Waals surface area contributed by atoms with Gasteiger partial charge in [0, 0.05) is 32.2 Å². The first-order valence-corrected chi connectivity index (χ1v) is 7.23. The molecule has 2 fully saturated rings. The predicted molar refractivity (Wildman–Crippen MR) is 80.6 cm³/mol. The number of hydrogen-bond donors (Lipinski definition) is 2. The van der Waals surface area contributed by atoms with Crippen LogP contribution >= 0.6 is 12.2 Å². The molecule has 1 heterocycles. The first-order valence-electron chi connectivity index (χ1n) is 6.82. The molecule has 1 aromatic rings. The molecule has 1 aliphatic carbocycles. The quantitative estimate of drug-likeness (QED) is 0.803. The lowest BCUT2D eigenvalue weighted by molar-refractivity contribution is 0.377. The number of aromatic hydroxyl groups is 1. The van der Waals surface area contributed by atoms with E-state index in [0.29, 0.717) is 11.8 Å². The number of phenolic OH excluding ortho intramolecular Hbond substituents is 1. The Morgan fingerprint density at radius 1 is 1.16 bits per heavy atom. The summed E-state index contributed by atoms with van der Waals surface area (Å²) in [6.45, 7) is 3.61. The fourth-order valence-electron chi connectivity index (χ4n) is 2.38. The summed E-state index contributed by atoms with van der Waals surface area (Å²) in [6.07, 6.45) is 2.50. The van der Waals surface area contributed by atoms with E-state index in [0.717, 1.165) is 37.0 Å². The van der Waals surface area contributed by atoms with Crippen molar-refractivity contribution in [3.8, 4) is 5.75 Å². The summed E-state index contributed by atoms with van der Waals surface area (Å²) in [6, 6.07) is 8.13. The van der Waals surface area contributed by atoms with E-state index in [1.807, 2.05) is 18.2 Å². The van der Waals surface area contributed by atoms with E-state index in [2.05, 4.69) is 15.1 Å². The Kier molecular flexibility index (Phi) is 3.46. The largest absolute Gasteiger partial charge is 0.506 e. The highest BCUT2D eigenvalue weighted by molar-refractivity contribution is 7.80. The molecule has 2 N–H and O–H groups in total. The minimum Gasteiger partial charge on any atom is -0.506 e. The van der Waals surface area contributed by atoms with Crippen molar-refractivity contribution in [3.63, 3.8) is 0 Å². The lowest BCUT2D eigenvalue weighted by atomic mass is 10.2. The molecule has 19 heavy (non-hydrogen) atoms. The molecule has 1 aromatic carbocycles. The van der Waals surface area contributed by atoms with Crippen LogP contribution in [-0.4, -0.2) is 47.3 Å². The molecular formula is C14H19N3OS. The molecule has 0 radical (unpaired) electrons. The van der Waals surface area contributed by atoms with Gasteiger partial charge in [0.15, 0.2) is 5.11 Å². The van der Waals surface area contributed by atoms with Gasteiger partial charge in [0.25, 0.3) is 0 Å². The van der Waals surface area contributed by atoms with Crippen LogP contribution in [0.15, 0.2) is 24.3 Å². The average molecular weight is 277 g/mol. The van der Waals surface area contributed by atoms with Crippen molar-refractivity contribution in [2.24, 2.45) is 0 Å². The van der Waals surface area contributed by atoms with Gasteiger partial charge in [-0.05, 0) is 37.2 Å². The van der Waals surface area contributed by atoms with E-state index in [4.69, 9.17) is 12.2 Å². The summed E-state index contributed by atoms with van der Waals surface area (Å²) in [5, 5.41) is 14.1. The van der Waals surface area contributed by atoms with E-state index >= 15 is 0 Å². The topological polar surface area (TPSA) is 38.7 Å². The van der Waals surface area contributed by atoms with Crippen LogP contribution in [0.3, 0.4) is 0 Å². The standard InChI is InChI=1S/C14H19N3OS/c18-13-4-2-1-3-12(13)16-7-9-17(10-8-16)14(19)15-11-5-6-11/h1-4,11,18H,5-10H2,(H,15,19). The molecule has 0 aromatic heterocycles. The van der Waals surface area contributed by atoms with Gasteiger partial charge in [-0.2, -0.15) is 0 Å². The normalized spacial score (nSPS) is 19.4. The summed E-state index contributed by atoms with van der Waals surface area (Å²) in [4.78, 5) is 4.44. The molecule has 102 valence electrons. The van der Waals surface area contributed by atoms with Crippen molar-refractivity contribution in [1.82, 2.24) is 10.2 Å². The zero-order valence-corrected chi connectivity index (χ0v) is 11.7. The van der Waals surface area contributed by atoms with Crippen molar-refractivity contribution in [2.75, 3.05) is 31.1 Å². The fourth-order valence-corrected chi connectivity index (χ4v) is 2.72. The molecule has 0 amide bonds. The van der Waals surface area contributed by atoms with Gasteiger partial charge in [-0.25, -0.2) is 0 Å². The first kappa shape index (κ1) is 12.5. The number of benzene rings is 1. The lowest BCUT2D eigenvalue weighted by Crippen LogP contribution is -2.52. The van der Waals surface area contributed by atoms with E-state index in [1.165, 1.54) is 12.8 Å². The molecule has 0 spiro atoms. The highest BCUT2D eigenvalue weighted by atomic mass is 32.1. The second kappa shape index (κ2) is 5.25. The van der Waals surface area contributed by atoms with Crippen LogP contribution in [-0.2, 0) is 0 Å². The number of hydrogen-bond acceptors (Lipinski definition) is 3. The van der Waals surface area contributed by atoms with Crippen LogP contribution in [0.5, 0.6) is 5.75 Å². The van der Waals surface area contributed by atoms with Gasteiger partial charge < -0.3 is 20.2 Å². The van der Waals surface area contributed by atoms with Crippen molar-refractivity contribution in [3.05, 3.63) is 24.3 Å². The Labute approximate surface area is 119 Å². The highest BCUT2D eigenvalue weighted by Crippen LogP contribution is 2.27. The number of piperazine rings is 1. The molecule has 0 atom stereocenters. The third kappa shape index (κ3) is 2.92. The summed E-state index contributed by atoms with van der Waals surface area (Å²) in [7, 11) is 0. The van der Waals surface area contributed by atoms with Crippen molar-refractivity contribution >= 4 is 23.0 Å². The van der Waals surface area contributed by atoms with Crippen molar-refractivity contribution in [2.45, 2.75) is 18.9 Å². The van der Waals surface area contributed by atoms with Gasteiger partial charge in [-0.3, -0.25) is 0 Å². The molecule has 2 aliphatic rings. The maximum Gasteiger partial charge on any atom is 0.169 e. The third-order valence-electron chi connectivity index (χ3n) is 3.69. The van der Waals surface area contributed by atoms with Crippen LogP contribution < -0.4 is 10.2 Å². The molecule has 0 unspecified atom stereocenters. The highest BCUT2D eigenvalue weighted by Gasteiger charge is 2.26. The lowest BCUT2D eigenvalue weighted by Gasteiger charge is -2.37. The van der Waals surface area contributed by atoms with E-state index in [9.17, 15) is 5.11 Å². The Morgan fingerprint density at radius 2 is 1.84 bits per heavy atom. The van der Waals surface area contributed by atoms with Gasteiger partial charge in [-0.1, -0.05) is 12.1 Å². The third-order valence-corrected chi connectivity index (χ3v) is 4.07. The fraction of sp³-hybridized carbons (Fsp3) is 0.500. The minimum absolute atomic E-state index is 0.356. The molecule has 1 aliphatic heterocycles. The summed E-state index contributed by atoms with van der Waals surface area (Å²) in [5.74, 6) is 0.356. The Balaban J connectivity index is 1.57. The van der Waals surface area contributed by atoms with Crippen LogP contribution in [0.4, 0.5) is 5.69 Å². The molecular weight excluding hydrogens is 258 g/mol. The van der Waals surface area contributed by atoms with Crippen LogP contribution in [0.2, 0.25) is 0 Å². The zero-order valence-electron chi connectivity index (χ0n) is 10.9. The van der Waals surface area contributed by atoms with Crippen molar-refractivity contribution in [1.29, 1.82) is 0 Å². The monoisotopic (exact) mass is 277 g/mol. The summed E-state index contributed by atoms with van der Waals surface area (Å²) < 4.78 is 0. The molecule has 4 nitrogen and oxygen atoms in total. The maximum absolute atomic E-state index is 9.87. The number of rotatable bonds is 2. The molecule has 3 rings (SSSR count). The number of nitrogens with zero attached hydrogens (tertiary/aromatic N) is 2. The van der Waals surface area contributed by atoms with Crippen LogP contribution in [0.1, 0.15) is 12.8 Å². The molecule has 0 bridgehead atoms. The van der Waals surface area contributed by atoms with E-state index in [-0.39, 0.29) is 0 Å². The number of anilines is 1. The molecule has 1 saturated heterocycles. The molecule has 5 heteroatoms. The van der Waals surface area contributed by atoms with Crippen molar-refractivity contribution < 1.29 is 5.11 Å². The van der Waals surface area contributed by atoms with Gasteiger partial charge in [0.1, 0.15) is 5.75 Å². The minimum atomic E-state index is 0.356. The molecule has 1 saturated carbocycles. The van der Waals surface area contributed by atoms with Gasteiger partial charge in [0.05, 0.1) is 5.69 Å². The number of para-hydroxylation sites is 2. The maximum atomic E-state index is 9.87. The first-order chi connectivity index (χ1) is 9.24. The average Bonchev–Trinajstić information content (AvgIpc) is 3.23. The van der Waals surface area contributed by atoms with Crippen LogP contribution in [0.25, 0.3) is 0 Å².